The lowest BCUT2D eigenvalue weighted by atomic mass is 10.1. The lowest BCUT2D eigenvalue weighted by Crippen LogP contribution is -2.41. The van der Waals surface area contributed by atoms with E-state index in [1.165, 1.54) is 6.42 Å². The van der Waals surface area contributed by atoms with Crippen molar-refractivity contribution in [1.82, 2.24) is 4.90 Å². The number of nitrogens with zero attached hydrogens (tertiary/aromatic N) is 2. The first kappa shape index (κ1) is 19.7. The van der Waals surface area contributed by atoms with Gasteiger partial charge in [0.1, 0.15) is 0 Å². The highest BCUT2D eigenvalue weighted by Gasteiger charge is 2.15. The molecule has 0 radical (unpaired) electrons. The van der Waals surface area contributed by atoms with Crippen molar-refractivity contribution in [2.75, 3.05) is 25.4 Å². The van der Waals surface area contributed by atoms with Gasteiger partial charge in [-0.2, -0.15) is 0 Å². The molecule has 0 spiro atoms. The number of sulfone groups is 1. The van der Waals surface area contributed by atoms with Crippen molar-refractivity contribution in [3.8, 4) is 0 Å². The van der Waals surface area contributed by atoms with E-state index in [9.17, 15) is 8.42 Å². The second-order valence-corrected chi connectivity index (χ2v) is 8.09. The molecule has 124 valence electrons. The van der Waals surface area contributed by atoms with Crippen molar-refractivity contribution >= 4 is 55.7 Å². The molecule has 0 unspecified atom stereocenters. The van der Waals surface area contributed by atoms with Gasteiger partial charge >= 0.3 is 0 Å². The first-order chi connectivity index (χ1) is 9.99. The summed E-state index contributed by atoms with van der Waals surface area (Å²) >= 11 is 3.29. The van der Waals surface area contributed by atoms with Gasteiger partial charge in [0.2, 0.25) is 0 Å². The predicted octanol–water partition coefficient (Wildman–Crippen LogP) is 2.64. The van der Waals surface area contributed by atoms with Crippen LogP contribution in [0.4, 0.5) is 0 Å². The summed E-state index contributed by atoms with van der Waals surface area (Å²) in [5.74, 6) is 0.434. The highest BCUT2D eigenvalue weighted by atomic mass is 127. The highest BCUT2D eigenvalue weighted by Crippen LogP contribution is 2.16. The van der Waals surface area contributed by atoms with E-state index in [2.05, 4.69) is 20.9 Å². The minimum Gasteiger partial charge on any atom is -0.370 e. The second-order valence-electron chi connectivity index (χ2n) is 5.06. The molecule has 0 saturated carbocycles. The third kappa shape index (κ3) is 5.69. The molecule has 1 saturated heterocycles. The average molecular weight is 502 g/mol. The monoisotopic (exact) mass is 501 g/mol. The summed E-state index contributed by atoms with van der Waals surface area (Å²) < 4.78 is 25.2. The number of aliphatic imine (C=N–C) groups is 1. The maximum absolute atomic E-state index is 12.2. The molecular weight excluding hydrogens is 481 g/mol. The van der Waals surface area contributed by atoms with Crippen molar-refractivity contribution < 1.29 is 8.42 Å². The fourth-order valence-corrected chi connectivity index (χ4v) is 3.65. The molecule has 0 aliphatic carbocycles. The topological polar surface area (TPSA) is 75.8 Å². The lowest BCUT2D eigenvalue weighted by Gasteiger charge is -2.27. The fourth-order valence-electron chi connectivity index (χ4n) is 2.26. The quantitative estimate of drug-likeness (QED) is 0.391. The van der Waals surface area contributed by atoms with Crippen LogP contribution < -0.4 is 5.73 Å². The minimum absolute atomic E-state index is 0. The van der Waals surface area contributed by atoms with Gasteiger partial charge in [0.25, 0.3) is 0 Å². The van der Waals surface area contributed by atoms with E-state index >= 15 is 0 Å². The summed E-state index contributed by atoms with van der Waals surface area (Å²) in [5, 5.41) is 0. The zero-order valence-electron chi connectivity index (χ0n) is 12.2. The average Bonchev–Trinajstić information content (AvgIpc) is 2.48. The minimum atomic E-state index is -3.31. The SMILES string of the molecule is I.NC(=NCCS(=O)(=O)c1ccc(Br)cc1)N1CCCCC1. The van der Waals surface area contributed by atoms with Gasteiger partial charge in [-0.15, -0.1) is 24.0 Å². The van der Waals surface area contributed by atoms with E-state index in [1.807, 2.05) is 4.90 Å². The van der Waals surface area contributed by atoms with E-state index in [-0.39, 0.29) is 36.3 Å². The van der Waals surface area contributed by atoms with Crippen LogP contribution in [0.5, 0.6) is 0 Å². The summed E-state index contributed by atoms with van der Waals surface area (Å²) in [6.07, 6.45) is 3.46. The number of hydrogen-bond acceptors (Lipinski definition) is 3. The Morgan fingerprint density at radius 2 is 1.77 bits per heavy atom. The van der Waals surface area contributed by atoms with Gasteiger partial charge in [-0.25, -0.2) is 8.42 Å². The number of likely N-dealkylation sites (tertiary alicyclic amines) is 1. The van der Waals surface area contributed by atoms with E-state index in [1.54, 1.807) is 24.3 Å². The van der Waals surface area contributed by atoms with Crippen LogP contribution in [-0.4, -0.2) is 44.7 Å². The molecule has 0 atom stereocenters. The number of guanidine groups is 1. The van der Waals surface area contributed by atoms with Gasteiger partial charge in [0.15, 0.2) is 15.8 Å². The van der Waals surface area contributed by atoms with Crippen LogP contribution in [0.2, 0.25) is 0 Å². The van der Waals surface area contributed by atoms with Gasteiger partial charge in [0.05, 0.1) is 17.2 Å². The molecular formula is C14H21BrIN3O2S. The lowest BCUT2D eigenvalue weighted by molar-refractivity contribution is 0.338. The summed E-state index contributed by atoms with van der Waals surface area (Å²) in [6, 6.07) is 6.63. The normalized spacial score (nSPS) is 16.2. The van der Waals surface area contributed by atoms with E-state index < -0.39 is 9.84 Å². The molecule has 5 nitrogen and oxygen atoms in total. The fraction of sp³-hybridized carbons (Fsp3) is 0.500. The number of benzene rings is 1. The Balaban J connectivity index is 0.00000242. The Bertz CT molecular complexity index is 599. The molecule has 1 aromatic carbocycles. The Kier molecular flexibility index (Phi) is 8.12. The van der Waals surface area contributed by atoms with Crippen LogP contribution in [0.1, 0.15) is 19.3 Å². The predicted molar refractivity (Wildman–Crippen MR) is 104 cm³/mol. The molecule has 2 N–H and O–H groups in total. The Hall–Kier alpha value is -0.350. The van der Waals surface area contributed by atoms with Gasteiger partial charge in [-0.05, 0) is 43.5 Å². The first-order valence-corrected chi connectivity index (χ1v) is 9.47. The molecule has 1 aromatic rings. The molecule has 22 heavy (non-hydrogen) atoms. The standard InChI is InChI=1S/C14H20BrN3O2S.HI/c15-12-4-6-13(7-5-12)21(19,20)11-8-17-14(16)18-9-2-1-3-10-18;/h4-7H,1-3,8-11H2,(H2,16,17);1H. The zero-order chi connectivity index (χ0) is 15.3. The number of nitrogens with two attached hydrogens (primary N) is 1. The third-order valence-electron chi connectivity index (χ3n) is 3.49. The summed E-state index contributed by atoms with van der Waals surface area (Å²) in [7, 11) is -3.31. The van der Waals surface area contributed by atoms with Gasteiger partial charge < -0.3 is 10.6 Å². The van der Waals surface area contributed by atoms with Crippen LogP contribution in [0.15, 0.2) is 38.6 Å². The Morgan fingerprint density at radius 3 is 2.36 bits per heavy atom. The highest BCUT2D eigenvalue weighted by molar-refractivity contribution is 14.0. The van der Waals surface area contributed by atoms with Crippen molar-refractivity contribution in [2.45, 2.75) is 24.2 Å². The summed E-state index contributed by atoms with van der Waals surface area (Å²) in [6.45, 7) is 2.02. The number of piperidine rings is 1. The molecule has 1 heterocycles. The molecule has 0 amide bonds. The maximum Gasteiger partial charge on any atom is 0.191 e. The van der Waals surface area contributed by atoms with Gasteiger partial charge in [-0.3, -0.25) is 4.99 Å². The smallest absolute Gasteiger partial charge is 0.191 e. The van der Waals surface area contributed by atoms with Crippen molar-refractivity contribution in [3.05, 3.63) is 28.7 Å². The molecule has 0 aromatic heterocycles. The molecule has 1 aliphatic heterocycles. The van der Waals surface area contributed by atoms with Crippen molar-refractivity contribution in [2.24, 2.45) is 10.7 Å². The summed E-state index contributed by atoms with van der Waals surface area (Å²) in [5.41, 5.74) is 5.91. The molecule has 0 bridgehead atoms. The van der Waals surface area contributed by atoms with Crippen LogP contribution >= 0.6 is 39.9 Å². The van der Waals surface area contributed by atoms with Crippen LogP contribution in [-0.2, 0) is 9.84 Å². The number of halogens is 2. The van der Waals surface area contributed by atoms with Gasteiger partial charge in [-0.1, -0.05) is 15.9 Å². The molecule has 1 fully saturated rings. The number of rotatable bonds is 4. The van der Waals surface area contributed by atoms with Gasteiger partial charge in [0, 0.05) is 17.6 Å². The molecule has 2 rings (SSSR count). The Labute approximate surface area is 157 Å². The summed E-state index contributed by atoms with van der Waals surface area (Å²) in [4.78, 5) is 6.55. The Morgan fingerprint density at radius 1 is 1.18 bits per heavy atom. The molecule has 1 aliphatic rings. The number of hydrogen-bond donors (Lipinski definition) is 1. The van der Waals surface area contributed by atoms with Crippen molar-refractivity contribution in [3.63, 3.8) is 0 Å². The third-order valence-corrected chi connectivity index (χ3v) is 5.73. The van der Waals surface area contributed by atoms with E-state index in [4.69, 9.17) is 5.73 Å². The van der Waals surface area contributed by atoms with Crippen molar-refractivity contribution in [1.29, 1.82) is 0 Å². The van der Waals surface area contributed by atoms with E-state index in [0.29, 0.717) is 10.9 Å². The van der Waals surface area contributed by atoms with Crippen LogP contribution in [0, 0.1) is 0 Å². The largest absolute Gasteiger partial charge is 0.370 e. The van der Waals surface area contributed by atoms with E-state index in [0.717, 1.165) is 30.4 Å². The van der Waals surface area contributed by atoms with Crippen LogP contribution in [0.25, 0.3) is 0 Å². The second kappa shape index (κ2) is 9.07. The van der Waals surface area contributed by atoms with Crippen LogP contribution in [0.3, 0.4) is 0 Å². The molecule has 8 heteroatoms. The maximum atomic E-state index is 12.2. The first-order valence-electron chi connectivity index (χ1n) is 7.02. The zero-order valence-corrected chi connectivity index (χ0v) is 17.0.